The highest BCUT2D eigenvalue weighted by atomic mass is 15.4. The van der Waals surface area contributed by atoms with Gasteiger partial charge in [0.15, 0.2) is 11.5 Å². The molecule has 1 N–H and O–H groups in total. The second-order valence-electron chi connectivity index (χ2n) is 7.09. The van der Waals surface area contributed by atoms with Gasteiger partial charge in [0.1, 0.15) is 0 Å². The van der Waals surface area contributed by atoms with E-state index in [0.717, 1.165) is 50.1 Å². The molecule has 0 radical (unpaired) electrons. The zero-order valence-corrected chi connectivity index (χ0v) is 15.4. The molecule has 4 aromatic heterocycles. The fourth-order valence-electron chi connectivity index (χ4n) is 3.73. The molecule has 29 heavy (non-hydrogen) atoms. The van der Waals surface area contributed by atoms with E-state index in [2.05, 4.69) is 62.6 Å². The summed E-state index contributed by atoms with van der Waals surface area (Å²) >= 11 is 0. The first-order valence-electron chi connectivity index (χ1n) is 9.46. The predicted octanol–water partition coefficient (Wildman–Crippen LogP) is 4.41. The summed E-state index contributed by atoms with van der Waals surface area (Å²) in [6, 6.07) is 22.6. The lowest BCUT2D eigenvalue weighted by atomic mass is 10.1. The molecule has 0 amide bonds. The molecule has 6 nitrogen and oxygen atoms in total. The van der Waals surface area contributed by atoms with Crippen LogP contribution in [0.4, 0.5) is 0 Å². The van der Waals surface area contributed by atoms with Gasteiger partial charge in [-0.2, -0.15) is 9.61 Å². The zero-order valence-electron chi connectivity index (χ0n) is 15.4. The topological polar surface area (TPSA) is 71.8 Å². The minimum atomic E-state index is 0.652. The van der Waals surface area contributed by atoms with E-state index in [9.17, 15) is 0 Å². The second-order valence-corrected chi connectivity index (χ2v) is 7.09. The SMILES string of the molecule is c1cnc2ccc(Cc3nnc4ccc(-c5ccc6[nH]ccc6c5)nn34)cc2c1. The highest BCUT2D eigenvalue weighted by Gasteiger charge is 2.11. The van der Waals surface area contributed by atoms with Crippen molar-refractivity contribution < 1.29 is 0 Å². The molecule has 0 aliphatic carbocycles. The van der Waals surface area contributed by atoms with Crippen molar-refractivity contribution in [1.82, 2.24) is 29.8 Å². The van der Waals surface area contributed by atoms with Crippen LogP contribution in [0.5, 0.6) is 0 Å². The minimum absolute atomic E-state index is 0.652. The Bertz CT molecular complexity index is 1490. The summed E-state index contributed by atoms with van der Waals surface area (Å²) in [5.74, 6) is 0.813. The van der Waals surface area contributed by atoms with Crippen LogP contribution in [0.3, 0.4) is 0 Å². The molecular formula is C23H16N6. The molecule has 6 rings (SSSR count). The van der Waals surface area contributed by atoms with E-state index < -0.39 is 0 Å². The van der Waals surface area contributed by atoms with Gasteiger partial charge in [-0.1, -0.05) is 18.2 Å². The van der Waals surface area contributed by atoms with E-state index in [4.69, 9.17) is 5.10 Å². The summed E-state index contributed by atoms with van der Waals surface area (Å²) in [4.78, 5) is 7.61. The molecule has 0 atom stereocenters. The molecule has 0 aliphatic heterocycles. The molecule has 4 heterocycles. The van der Waals surface area contributed by atoms with Crippen LogP contribution in [0, 0.1) is 0 Å². The van der Waals surface area contributed by atoms with E-state index in [1.807, 2.05) is 41.2 Å². The van der Waals surface area contributed by atoms with E-state index in [1.54, 1.807) is 0 Å². The molecule has 0 unspecified atom stereocenters. The quantitative estimate of drug-likeness (QED) is 0.497. The Hall–Kier alpha value is -4.06. The lowest BCUT2D eigenvalue weighted by Crippen LogP contribution is -2.01. The van der Waals surface area contributed by atoms with Crippen LogP contribution in [-0.2, 0) is 6.42 Å². The van der Waals surface area contributed by atoms with Crippen molar-refractivity contribution in [2.24, 2.45) is 0 Å². The summed E-state index contributed by atoms with van der Waals surface area (Å²) in [7, 11) is 0. The molecule has 0 spiro atoms. The number of nitrogens with zero attached hydrogens (tertiary/aromatic N) is 5. The number of pyridine rings is 1. The Labute approximate surface area is 165 Å². The van der Waals surface area contributed by atoms with Crippen molar-refractivity contribution in [3.05, 3.63) is 90.5 Å². The zero-order chi connectivity index (χ0) is 19.2. The lowest BCUT2D eigenvalue weighted by Gasteiger charge is -2.05. The number of hydrogen-bond donors (Lipinski definition) is 1. The maximum Gasteiger partial charge on any atom is 0.177 e. The van der Waals surface area contributed by atoms with Crippen molar-refractivity contribution in [3.63, 3.8) is 0 Å². The van der Waals surface area contributed by atoms with E-state index >= 15 is 0 Å². The van der Waals surface area contributed by atoms with Gasteiger partial charge in [-0.3, -0.25) is 4.98 Å². The van der Waals surface area contributed by atoms with E-state index in [1.165, 1.54) is 0 Å². The summed E-state index contributed by atoms with van der Waals surface area (Å²) in [5.41, 5.74) is 5.96. The Morgan fingerprint density at radius 2 is 1.86 bits per heavy atom. The van der Waals surface area contributed by atoms with Gasteiger partial charge in [0, 0.05) is 40.7 Å². The van der Waals surface area contributed by atoms with Gasteiger partial charge < -0.3 is 4.98 Å². The van der Waals surface area contributed by atoms with Gasteiger partial charge in [0.05, 0.1) is 11.2 Å². The maximum atomic E-state index is 4.82. The molecule has 0 bridgehead atoms. The Balaban J connectivity index is 1.41. The average molecular weight is 376 g/mol. The first-order chi connectivity index (χ1) is 14.3. The number of benzene rings is 2. The fraction of sp³-hybridized carbons (Fsp3) is 0.0435. The van der Waals surface area contributed by atoms with Gasteiger partial charge in [-0.15, -0.1) is 10.2 Å². The number of aromatic amines is 1. The van der Waals surface area contributed by atoms with Crippen LogP contribution in [0.25, 0.3) is 38.7 Å². The van der Waals surface area contributed by atoms with E-state index in [-0.39, 0.29) is 0 Å². The molecule has 6 aromatic rings. The fourth-order valence-corrected chi connectivity index (χ4v) is 3.73. The summed E-state index contributed by atoms with van der Waals surface area (Å²) in [6.07, 6.45) is 4.41. The van der Waals surface area contributed by atoms with Gasteiger partial charge in [0.2, 0.25) is 0 Å². The van der Waals surface area contributed by atoms with E-state index in [0.29, 0.717) is 6.42 Å². The molecule has 0 saturated heterocycles. The van der Waals surface area contributed by atoms with Crippen molar-refractivity contribution in [3.8, 4) is 11.3 Å². The Morgan fingerprint density at radius 3 is 2.86 bits per heavy atom. The molecule has 6 heteroatoms. The van der Waals surface area contributed by atoms with Crippen molar-refractivity contribution >= 4 is 27.5 Å². The summed E-state index contributed by atoms with van der Waals surface area (Å²) in [5, 5.41) is 15.8. The summed E-state index contributed by atoms with van der Waals surface area (Å²) in [6.45, 7) is 0. The smallest absolute Gasteiger partial charge is 0.177 e. The largest absolute Gasteiger partial charge is 0.361 e. The van der Waals surface area contributed by atoms with Crippen molar-refractivity contribution in [1.29, 1.82) is 0 Å². The van der Waals surface area contributed by atoms with Crippen LogP contribution in [0.2, 0.25) is 0 Å². The number of rotatable bonds is 3. The Morgan fingerprint density at radius 1 is 0.862 bits per heavy atom. The van der Waals surface area contributed by atoms with Gasteiger partial charge in [-0.25, -0.2) is 0 Å². The Kier molecular flexibility index (Phi) is 3.43. The number of H-pyrrole nitrogens is 1. The standard InChI is InChI=1S/C23H16N6/c1-2-16-12-15(3-5-19(16)24-10-1)13-23-27-26-22-8-7-21(28-29(22)23)17-4-6-20-18(14-17)9-11-25-20/h1-12,14,25H,13H2. The molecule has 0 saturated carbocycles. The van der Waals surface area contributed by atoms with Crippen molar-refractivity contribution in [2.75, 3.05) is 0 Å². The second kappa shape index (κ2) is 6.24. The predicted molar refractivity (Wildman–Crippen MR) is 113 cm³/mol. The first kappa shape index (κ1) is 15.9. The molecule has 2 aromatic carbocycles. The molecule has 138 valence electrons. The number of aromatic nitrogens is 6. The molecule has 0 fully saturated rings. The van der Waals surface area contributed by atoms with Crippen LogP contribution in [0.15, 0.2) is 79.1 Å². The summed E-state index contributed by atoms with van der Waals surface area (Å²) < 4.78 is 1.84. The third kappa shape index (κ3) is 2.73. The average Bonchev–Trinajstić information content (AvgIpc) is 3.40. The van der Waals surface area contributed by atoms with Crippen LogP contribution in [0.1, 0.15) is 11.4 Å². The lowest BCUT2D eigenvalue weighted by molar-refractivity contribution is 0.842. The monoisotopic (exact) mass is 376 g/mol. The van der Waals surface area contributed by atoms with Crippen molar-refractivity contribution in [2.45, 2.75) is 6.42 Å². The first-order valence-corrected chi connectivity index (χ1v) is 9.46. The van der Waals surface area contributed by atoms with Crippen LogP contribution < -0.4 is 0 Å². The maximum absolute atomic E-state index is 4.82. The van der Waals surface area contributed by atoms with Crippen LogP contribution in [-0.4, -0.2) is 29.8 Å². The minimum Gasteiger partial charge on any atom is -0.361 e. The molecule has 0 aliphatic rings. The van der Waals surface area contributed by atoms with Gasteiger partial charge >= 0.3 is 0 Å². The normalized spacial score (nSPS) is 11.6. The number of fused-ring (bicyclic) bond motifs is 3. The van der Waals surface area contributed by atoms with Gasteiger partial charge in [-0.05, 0) is 54.1 Å². The highest BCUT2D eigenvalue weighted by Crippen LogP contribution is 2.23. The highest BCUT2D eigenvalue weighted by molar-refractivity contribution is 5.84. The number of hydrogen-bond acceptors (Lipinski definition) is 4. The van der Waals surface area contributed by atoms with Crippen LogP contribution >= 0.6 is 0 Å². The third-order valence-corrected chi connectivity index (χ3v) is 5.21. The number of nitrogens with one attached hydrogen (secondary N) is 1. The molecular weight excluding hydrogens is 360 g/mol. The third-order valence-electron chi connectivity index (χ3n) is 5.21. The van der Waals surface area contributed by atoms with Gasteiger partial charge in [0.25, 0.3) is 0 Å².